The molecular weight excluding hydrogens is 231 g/mol. The predicted octanol–water partition coefficient (Wildman–Crippen LogP) is 2.44. The molecule has 0 saturated heterocycles. The quantitative estimate of drug-likeness (QED) is 0.904. The van der Waals surface area contributed by atoms with Crippen LogP contribution >= 0.6 is 0 Å². The highest BCUT2D eigenvalue weighted by Gasteiger charge is 2.20. The SMILES string of the molecule is NCc1coc(CN2CCc3ccc(F)cc32)c1. The molecule has 94 valence electrons. The standard InChI is InChI=1S/C14H15FN2O/c15-12-2-1-11-3-4-17(14(11)6-12)8-13-5-10(7-16)9-18-13/h1-2,5-6,9H,3-4,7-8,16H2. The fourth-order valence-electron chi connectivity index (χ4n) is 2.39. The Bertz CT molecular complexity index is 565. The van der Waals surface area contributed by atoms with Crippen molar-refractivity contribution in [1.82, 2.24) is 0 Å². The van der Waals surface area contributed by atoms with Gasteiger partial charge in [0.05, 0.1) is 12.8 Å². The zero-order valence-corrected chi connectivity index (χ0v) is 10.0. The van der Waals surface area contributed by atoms with E-state index >= 15 is 0 Å². The zero-order chi connectivity index (χ0) is 12.5. The van der Waals surface area contributed by atoms with Crippen LogP contribution in [0.15, 0.2) is 34.9 Å². The Balaban J connectivity index is 1.81. The van der Waals surface area contributed by atoms with Gasteiger partial charge in [-0.2, -0.15) is 0 Å². The summed E-state index contributed by atoms with van der Waals surface area (Å²) >= 11 is 0. The van der Waals surface area contributed by atoms with Crippen LogP contribution in [-0.4, -0.2) is 6.54 Å². The van der Waals surface area contributed by atoms with Crippen molar-refractivity contribution in [3.8, 4) is 0 Å². The summed E-state index contributed by atoms with van der Waals surface area (Å²) in [6.07, 6.45) is 2.64. The van der Waals surface area contributed by atoms with Crippen LogP contribution < -0.4 is 10.6 Å². The molecular formula is C14H15FN2O. The van der Waals surface area contributed by atoms with E-state index in [0.717, 1.165) is 30.0 Å². The number of nitrogens with zero attached hydrogens (tertiary/aromatic N) is 1. The topological polar surface area (TPSA) is 42.4 Å². The first-order valence-electron chi connectivity index (χ1n) is 6.06. The Morgan fingerprint density at radius 1 is 1.33 bits per heavy atom. The van der Waals surface area contributed by atoms with E-state index < -0.39 is 0 Å². The molecule has 0 amide bonds. The fraction of sp³-hybridized carbons (Fsp3) is 0.286. The van der Waals surface area contributed by atoms with Crippen molar-refractivity contribution in [1.29, 1.82) is 0 Å². The molecule has 2 N–H and O–H groups in total. The molecule has 0 radical (unpaired) electrons. The van der Waals surface area contributed by atoms with Gasteiger partial charge in [-0.15, -0.1) is 0 Å². The van der Waals surface area contributed by atoms with Crippen molar-refractivity contribution in [3.05, 3.63) is 53.2 Å². The van der Waals surface area contributed by atoms with Crippen LogP contribution in [0.25, 0.3) is 0 Å². The van der Waals surface area contributed by atoms with E-state index in [1.807, 2.05) is 12.1 Å². The van der Waals surface area contributed by atoms with E-state index in [1.54, 1.807) is 12.3 Å². The summed E-state index contributed by atoms with van der Waals surface area (Å²) in [4.78, 5) is 2.14. The maximum absolute atomic E-state index is 13.3. The molecule has 0 aliphatic carbocycles. The lowest BCUT2D eigenvalue weighted by Crippen LogP contribution is -2.19. The van der Waals surface area contributed by atoms with Crippen LogP contribution in [0.1, 0.15) is 16.9 Å². The second-order valence-electron chi connectivity index (χ2n) is 4.57. The molecule has 18 heavy (non-hydrogen) atoms. The second kappa shape index (κ2) is 4.46. The van der Waals surface area contributed by atoms with Gasteiger partial charge in [-0.1, -0.05) is 6.07 Å². The molecule has 4 heteroatoms. The van der Waals surface area contributed by atoms with Gasteiger partial charge in [0.2, 0.25) is 0 Å². The Hall–Kier alpha value is -1.81. The van der Waals surface area contributed by atoms with Gasteiger partial charge in [-0.05, 0) is 30.2 Å². The molecule has 0 atom stereocenters. The van der Waals surface area contributed by atoms with Crippen molar-refractivity contribution in [3.63, 3.8) is 0 Å². The Morgan fingerprint density at radius 2 is 2.22 bits per heavy atom. The normalized spacial score (nSPS) is 14.0. The Labute approximate surface area is 105 Å². The third-order valence-corrected chi connectivity index (χ3v) is 3.33. The largest absolute Gasteiger partial charge is 0.467 e. The summed E-state index contributed by atoms with van der Waals surface area (Å²) in [5.74, 6) is 0.676. The van der Waals surface area contributed by atoms with Gasteiger partial charge in [0.15, 0.2) is 0 Å². The minimum absolute atomic E-state index is 0.192. The number of anilines is 1. The van der Waals surface area contributed by atoms with E-state index in [9.17, 15) is 4.39 Å². The second-order valence-corrected chi connectivity index (χ2v) is 4.57. The number of hydrogen-bond donors (Lipinski definition) is 1. The van der Waals surface area contributed by atoms with Crippen molar-refractivity contribution >= 4 is 5.69 Å². The number of hydrogen-bond acceptors (Lipinski definition) is 3. The van der Waals surface area contributed by atoms with Crippen molar-refractivity contribution in [2.75, 3.05) is 11.4 Å². The van der Waals surface area contributed by atoms with Crippen molar-refractivity contribution in [2.24, 2.45) is 5.73 Å². The van der Waals surface area contributed by atoms with Gasteiger partial charge in [-0.3, -0.25) is 0 Å². The maximum atomic E-state index is 13.3. The van der Waals surface area contributed by atoms with Crippen LogP contribution in [0.3, 0.4) is 0 Å². The number of nitrogens with two attached hydrogens (primary N) is 1. The molecule has 3 rings (SSSR count). The molecule has 1 aliphatic rings. The molecule has 0 fully saturated rings. The smallest absolute Gasteiger partial charge is 0.125 e. The van der Waals surface area contributed by atoms with E-state index in [-0.39, 0.29) is 5.82 Å². The number of rotatable bonds is 3. The Kier molecular flexibility index (Phi) is 2.80. The predicted molar refractivity (Wildman–Crippen MR) is 67.8 cm³/mol. The first-order valence-corrected chi connectivity index (χ1v) is 6.06. The average Bonchev–Trinajstić information content (AvgIpc) is 2.97. The lowest BCUT2D eigenvalue weighted by atomic mass is 10.2. The minimum Gasteiger partial charge on any atom is -0.467 e. The van der Waals surface area contributed by atoms with Gasteiger partial charge in [0.1, 0.15) is 11.6 Å². The first-order chi connectivity index (χ1) is 8.76. The van der Waals surface area contributed by atoms with Crippen LogP contribution in [0, 0.1) is 5.82 Å². The van der Waals surface area contributed by atoms with Crippen LogP contribution in [0.5, 0.6) is 0 Å². The third-order valence-electron chi connectivity index (χ3n) is 3.33. The molecule has 3 nitrogen and oxygen atoms in total. The van der Waals surface area contributed by atoms with Gasteiger partial charge < -0.3 is 15.1 Å². The summed E-state index contributed by atoms with van der Waals surface area (Å²) in [6.45, 7) is 2.04. The van der Waals surface area contributed by atoms with E-state index in [2.05, 4.69) is 4.90 Å². The molecule has 0 unspecified atom stereocenters. The van der Waals surface area contributed by atoms with E-state index in [4.69, 9.17) is 10.2 Å². The van der Waals surface area contributed by atoms with Crippen LogP contribution in [0.4, 0.5) is 10.1 Å². The highest BCUT2D eigenvalue weighted by Crippen LogP contribution is 2.30. The lowest BCUT2D eigenvalue weighted by Gasteiger charge is -2.17. The molecule has 1 aromatic carbocycles. The summed E-state index contributed by atoms with van der Waals surface area (Å²) in [6, 6.07) is 6.92. The van der Waals surface area contributed by atoms with Crippen molar-refractivity contribution < 1.29 is 8.81 Å². The molecule has 0 saturated carbocycles. The maximum Gasteiger partial charge on any atom is 0.125 e. The highest BCUT2D eigenvalue weighted by molar-refractivity contribution is 5.58. The third kappa shape index (κ3) is 1.99. The molecule has 2 heterocycles. The lowest BCUT2D eigenvalue weighted by molar-refractivity contribution is 0.502. The summed E-state index contributed by atoms with van der Waals surface area (Å²) in [5, 5.41) is 0. The summed E-state index contributed by atoms with van der Waals surface area (Å²) in [7, 11) is 0. The number of halogens is 1. The highest BCUT2D eigenvalue weighted by atomic mass is 19.1. The fourth-order valence-corrected chi connectivity index (χ4v) is 2.39. The average molecular weight is 246 g/mol. The summed E-state index contributed by atoms with van der Waals surface area (Å²) < 4.78 is 18.7. The molecule has 1 aromatic heterocycles. The van der Waals surface area contributed by atoms with Crippen molar-refractivity contribution in [2.45, 2.75) is 19.5 Å². The summed E-state index contributed by atoms with van der Waals surface area (Å²) in [5.41, 5.74) is 8.70. The number of fused-ring (bicyclic) bond motifs is 1. The Morgan fingerprint density at radius 3 is 3.00 bits per heavy atom. The van der Waals surface area contributed by atoms with E-state index in [1.165, 1.54) is 11.6 Å². The number of furan rings is 1. The van der Waals surface area contributed by atoms with Gasteiger partial charge in [0.25, 0.3) is 0 Å². The molecule has 0 bridgehead atoms. The minimum atomic E-state index is -0.192. The van der Waals surface area contributed by atoms with E-state index in [0.29, 0.717) is 13.1 Å². The first kappa shape index (κ1) is 11.3. The molecule has 2 aromatic rings. The molecule has 1 aliphatic heterocycles. The zero-order valence-electron chi connectivity index (χ0n) is 10.0. The van der Waals surface area contributed by atoms with Crippen LogP contribution in [0.2, 0.25) is 0 Å². The molecule has 0 spiro atoms. The van der Waals surface area contributed by atoms with Gasteiger partial charge in [-0.25, -0.2) is 4.39 Å². The number of benzene rings is 1. The van der Waals surface area contributed by atoms with Gasteiger partial charge in [0, 0.05) is 24.3 Å². The monoisotopic (exact) mass is 246 g/mol. The van der Waals surface area contributed by atoms with Crippen LogP contribution in [-0.2, 0) is 19.5 Å². The van der Waals surface area contributed by atoms with Gasteiger partial charge >= 0.3 is 0 Å².